The van der Waals surface area contributed by atoms with E-state index in [1.165, 1.54) is 26.6 Å². The van der Waals surface area contributed by atoms with Gasteiger partial charge < -0.3 is 14.8 Å². The first-order valence-electron chi connectivity index (χ1n) is 6.11. The van der Waals surface area contributed by atoms with Crippen LogP contribution in [0.25, 0.3) is 0 Å². The van der Waals surface area contributed by atoms with Gasteiger partial charge in [0.25, 0.3) is 0 Å². The zero-order chi connectivity index (χ0) is 15.2. The van der Waals surface area contributed by atoms with E-state index in [4.69, 9.17) is 21.1 Å². The second-order valence-corrected chi connectivity index (χ2v) is 4.40. The summed E-state index contributed by atoms with van der Waals surface area (Å²) in [5.74, 6) is 1.31. The maximum absolute atomic E-state index is 12.1. The summed E-state index contributed by atoms with van der Waals surface area (Å²) in [5.41, 5.74) is 0.500. The first-order valence-corrected chi connectivity index (χ1v) is 6.49. The van der Waals surface area contributed by atoms with Crippen LogP contribution in [-0.4, -0.2) is 36.5 Å². The molecule has 0 atom stereocenters. The Balaban J connectivity index is 2.09. The molecule has 1 heterocycles. The molecule has 0 spiro atoms. The zero-order valence-electron chi connectivity index (χ0n) is 11.6. The maximum atomic E-state index is 12.1. The molecule has 0 fully saturated rings. The van der Waals surface area contributed by atoms with Crippen molar-refractivity contribution in [3.05, 3.63) is 41.3 Å². The number of Topliss-reactive ketones (excluding diaryl/α,β-unsaturated/α-hetero) is 1. The lowest BCUT2D eigenvalue weighted by Crippen LogP contribution is -2.15. The summed E-state index contributed by atoms with van der Waals surface area (Å²) < 4.78 is 10.3. The van der Waals surface area contributed by atoms with Crippen LogP contribution in [0, 0.1) is 0 Å². The van der Waals surface area contributed by atoms with Crippen LogP contribution in [0.3, 0.4) is 0 Å². The molecule has 6 nitrogen and oxygen atoms in total. The molecular formula is C14H14ClN3O3. The van der Waals surface area contributed by atoms with Crippen molar-refractivity contribution in [3.63, 3.8) is 0 Å². The van der Waals surface area contributed by atoms with Gasteiger partial charge in [-0.3, -0.25) is 4.79 Å². The molecule has 1 aromatic carbocycles. The molecule has 1 aromatic heterocycles. The third-order valence-corrected chi connectivity index (χ3v) is 3.05. The van der Waals surface area contributed by atoms with Gasteiger partial charge in [0.15, 0.2) is 28.3 Å². The van der Waals surface area contributed by atoms with E-state index in [1.54, 1.807) is 18.2 Å². The molecule has 21 heavy (non-hydrogen) atoms. The Kier molecular flexibility index (Phi) is 4.94. The first kappa shape index (κ1) is 15.1. The SMILES string of the molecule is COc1ccc(C(=O)CNc2nccnc2Cl)cc1OC. The fraction of sp³-hybridized carbons (Fsp3) is 0.214. The van der Waals surface area contributed by atoms with E-state index in [0.29, 0.717) is 22.9 Å². The van der Waals surface area contributed by atoms with Gasteiger partial charge in [0, 0.05) is 18.0 Å². The smallest absolute Gasteiger partial charge is 0.182 e. The highest BCUT2D eigenvalue weighted by Gasteiger charge is 2.11. The summed E-state index contributed by atoms with van der Waals surface area (Å²) >= 11 is 5.86. The van der Waals surface area contributed by atoms with Gasteiger partial charge in [0.1, 0.15) is 0 Å². The fourth-order valence-corrected chi connectivity index (χ4v) is 1.89. The number of anilines is 1. The van der Waals surface area contributed by atoms with Crippen molar-refractivity contribution in [2.75, 3.05) is 26.1 Å². The topological polar surface area (TPSA) is 73.3 Å². The molecule has 0 bridgehead atoms. The number of nitrogens with zero attached hydrogens (tertiary/aromatic N) is 2. The van der Waals surface area contributed by atoms with Crippen LogP contribution in [0.4, 0.5) is 5.82 Å². The largest absolute Gasteiger partial charge is 0.493 e. The highest BCUT2D eigenvalue weighted by atomic mass is 35.5. The van der Waals surface area contributed by atoms with Crippen molar-refractivity contribution in [2.24, 2.45) is 0 Å². The number of benzene rings is 1. The normalized spacial score (nSPS) is 10.0. The summed E-state index contributed by atoms with van der Waals surface area (Å²) in [4.78, 5) is 20.0. The molecule has 0 aliphatic heterocycles. The van der Waals surface area contributed by atoms with Gasteiger partial charge in [-0.25, -0.2) is 9.97 Å². The van der Waals surface area contributed by atoms with Crippen LogP contribution >= 0.6 is 11.6 Å². The van der Waals surface area contributed by atoms with Crippen molar-refractivity contribution in [2.45, 2.75) is 0 Å². The van der Waals surface area contributed by atoms with Gasteiger partial charge in [-0.15, -0.1) is 0 Å². The monoisotopic (exact) mass is 307 g/mol. The summed E-state index contributed by atoms with van der Waals surface area (Å²) in [6, 6.07) is 4.98. The Hall–Kier alpha value is -2.34. The quantitative estimate of drug-likeness (QED) is 0.826. The van der Waals surface area contributed by atoms with Crippen LogP contribution in [0.15, 0.2) is 30.6 Å². The number of halogens is 1. The number of aromatic nitrogens is 2. The van der Waals surface area contributed by atoms with Gasteiger partial charge in [0.05, 0.1) is 20.8 Å². The average Bonchev–Trinajstić information content (AvgIpc) is 2.53. The van der Waals surface area contributed by atoms with Crippen LogP contribution in [0.2, 0.25) is 5.15 Å². The predicted octanol–water partition coefficient (Wildman–Crippen LogP) is 2.44. The van der Waals surface area contributed by atoms with Gasteiger partial charge in [-0.05, 0) is 18.2 Å². The minimum absolute atomic E-state index is 0.0495. The Labute approximate surface area is 127 Å². The number of carbonyl (C=O) groups is 1. The molecule has 0 aliphatic rings. The van der Waals surface area contributed by atoms with Crippen molar-refractivity contribution in [1.29, 1.82) is 0 Å². The second kappa shape index (κ2) is 6.90. The molecule has 0 saturated heterocycles. The third-order valence-electron chi connectivity index (χ3n) is 2.78. The Morgan fingerprint density at radius 3 is 2.57 bits per heavy atom. The van der Waals surface area contributed by atoms with E-state index in [2.05, 4.69) is 15.3 Å². The fourth-order valence-electron chi connectivity index (χ4n) is 1.72. The van der Waals surface area contributed by atoms with E-state index in [-0.39, 0.29) is 17.5 Å². The Morgan fingerprint density at radius 1 is 1.19 bits per heavy atom. The van der Waals surface area contributed by atoms with Gasteiger partial charge in [0.2, 0.25) is 0 Å². The molecule has 0 unspecified atom stereocenters. The molecule has 2 aromatic rings. The van der Waals surface area contributed by atoms with Gasteiger partial charge in [-0.2, -0.15) is 0 Å². The van der Waals surface area contributed by atoms with E-state index in [9.17, 15) is 4.79 Å². The summed E-state index contributed by atoms with van der Waals surface area (Å²) in [5, 5.41) is 3.07. The van der Waals surface area contributed by atoms with E-state index >= 15 is 0 Å². The summed E-state index contributed by atoms with van der Waals surface area (Å²) in [7, 11) is 3.06. The molecule has 110 valence electrons. The molecular weight excluding hydrogens is 294 g/mol. The lowest BCUT2D eigenvalue weighted by Gasteiger charge is -2.10. The van der Waals surface area contributed by atoms with E-state index in [1.807, 2.05) is 0 Å². The highest BCUT2D eigenvalue weighted by molar-refractivity contribution is 6.31. The number of methoxy groups -OCH3 is 2. The summed E-state index contributed by atoms with van der Waals surface area (Å²) in [6.07, 6.45) is 2.97. The number of ether oxygens (including phenoxy) is 2. The molecule has 7 heteroatoms. The molecule has 2 rings (SSSR count). The predicted molar refractivity (Wildman–Crippen MR) is 79.4 cm³/mol. The Morgan fingerprint density at radius 2 is 1.90 bits per heavy atom. The average molecular weight is 308 g/mol. The molecule has 0 radical (unpaired) electrons. The number of ketones is 1. The number of hydrogen-bond donors (Lipinski definition) is 1. The minimum Gasteiger partial charge on any atom is -0.493 e. The number of nitrogens with one attached hydrogen (secondary N) is 1. The molecule has 1 N–H and O–H groups in total. The molecule has 0 saturated carbocycles. The van der Waals surface area contributed by atoms with Gasteiger partial charge in [-0.1, -0.05) is 11.6 Å². The van der Waals surface area contributed by atoms with Crippen molar-refractivity contribution in [1.82, 2.24) is 9.97 Å². The van der Waals surface area contributed by atoms with Gasteiger partial charge >= 0.3 is 0 Å². The standard InChI is InChI=1S/C14H14ClN3O3/c1-20-11-4-3-9(7-12(11)21-2)10(19)8-18-14-13(15)16-5-6-17-14/h3-7H,8H2,1-2H3,(H,17,18). The van der Waals surface area contributed by atoms with E-state index < -0.39 is 0 Å². The van der Waals surface area contributed by atoms with Crippen LogP contribution < -0.4 is 14.8 Å². The van der Waals surface area contributed by atoms with Crippen LogP contribution in [0.5, 0.6) is 11.5 Å². The lowest BCUT2D eigenvalue weighted by atomic mass is 10.1. The van der Waals surface area contributed by atoms with Crippen molar-refractivity contribution >= 4 is 23.2 Å². The van der Waals surface area contributed by atoms with Crippen molar-refractivity contribution in [3.8, 4) is 11.5 Å². The number of rotatable bonds is 6. The van der Waals surface area contributed by atoms with Crippen molar-refractivity contribution < 1.29 is 14.3 Å². The summed E-state index contributed by atoms with van der Waals surface area (Å²) in [6.45, 7) is 0.0495. The highest BCUT2D eigenvalue weighted by Crippen LogP contribution is 2.27. The second-order valence-electron chi connectivity index (χ2n) is 4.04. The minimum atomic E-state index is -0.127. The zero-order valence-corrected chi connectivity index (χ0v) is 12.3. The molecule has 0 aliphatic carbocycles. The first-order chi connectivity index (χ1) is 10.2. The number of hydrogen-bond acceptors (Lipinski definition) is 6. The lowest BCUT2D eigenvalue weighted by molar-refractivity contribution is 0.101. The third kappa shape index (κ3) is 3.61. The molecule has 0 amide bonds. The Bertz CT molecular complexity index is 649. The maximum Gasteiger partial charge on any atom is 0.182 e. The number of carbonyl (C=O) groups excluding carboxylic acids is 1. The van der Waals surface area contributed by atoms with E-state index in [0.717, 1.165) is 0 Å². The van der Waals surface area contributed by atoms with Crippen LogP contribution in [0.1, 0.15) is 10.4 Å². The van der Waals surface area contributed by atoms with Crippen LogP contribution in [-0.2, 0) is 0 Å².